The Bertz CT molecular complexity index is 780. The fourth-order valence-electron chi connectivity index (χ4n) is 3.02. The van der Waals surface area contributed by atoms with Crippen molar-refractivity contribution in [1.82, 2.24) is 15.2 Å². The molecule has 24 heavy (non-hydrogen) atoms. The van der Waals surface area contributed by atoms with Crippen LogP contribution < -0.4 is 10.2 Å². The van der Waals surface area contributed by atoms with Gasteiger partial charge in [-0.25, -0.2) is 4.98 Å². The molecule has 1 N–H and O–H groups in total. The average molecular weight is 322 g/mol. The highest BCUT2D eigenvalue weighted by Crippen LogP contribution is 2.27. The number of aryl methyl sites for hydroxylation is 2. The van der Waals surface area contributed by atoms with Crippen molar-refractivity contribution in [2.75, 3.05) is 29.9 Å². The van der Waals surface area contributed by atoms with E-state index >= 15 is 0 Å². The first-order chi connectivity index (χ1) is 11.6. The number of anilines is 2. The summed E-state index contributed by atoms with van der Waals surface area (Å²) in [4.78, 5) is 6.51. The normalized spacial score (nSPS) is 16.9. The molecule has 0 amide bonds. The molecule has 1 aliphatic rings. The van der Waals surface area contributed by atoms with E-state index in [0.29, 0.717) is 11.5 Å². The number of pyridine rings is 1. The summed E-state index contributed by atoms with van der Waals surface area (Å²) in [5.41, 5.74) is 3.59. The predicted molar refractivity (Wildman–Crippen MR) is 94.0 cm³/mol. The standard InChI is InChI=1S/C18H22N6/c1-12-4-6-20-17(8-12)21-10-15-5-7-24(11-15)18-16(9-19)13(2)14(3)22-23-18/h4,6,8,15H,5,7,10-11H2,1-3H3,(H,20,21). The summed E-state index contributed by atoms with van der Waals surface area (Å²) >= 11 is 0. The lowest BCUT2D eigenvalue weighted by atomic mass is 10.1. The third-order valence-electron chi connectivity index (χ3n) is 4.62. The maximum absolute atomic E-state index is 9.46. The molecule has 0 bridgehead atoms. The molecule has 1 atom stereocenters. The number of nitrogens with one attached hydrogen (secondary N) is 1. The Hall–Kier alpha value is -2.68. The zero-order valence-electron chi connectivity index (χ0n) is 14.4. The van der Waals surface area contributed by atoms with Gasteiger partial charge in [-0.05, 0) is 56.4 Å². The van der Waals surface area contributed by atoms with Gasteiger partial charge in [-0.2, -0.15) is 10.4 Å². The fraction of sp³-hybridized carbons (Fsp3) is 0.444. The molecule has 2 aromatic rings. The van der Waals surface area contributed by atoms with Crippen LogP contribution in [0, 0.1) is 38.0 Å². The number of hydrogen-bond acceptors (Lipinski definition) is 6. The first-order valence-corrected chi connectivity index (χ1v) is 8.24. The fourth-order valence-corrected chi connectivity index (χ4v) is 3.02. The van der Waals surface area contributed by atoms with Gasteiger partial charge in [0.1, 0.15) is 17.5 Å². The summed E-state index contributed by atoms with van der Waals surface area (Å²) in [5.74, 6) is 2.14. The van der Waals surface area contributed by atoms with E-state index in [2.05, 4.69) is 44.5 Å². The second-order valence-corrected chi connectivity index (χ2v) is 6.42. The highest BCUT2D eigenvalue weighted by atomic mass is 15.3. The van der Waals surface area contributed by atoms with Crippen molar-refractivity contribution in [2.45, 2.75) is 27.2 Å². The smallest absolute Gasteiger partial charge is 0.169 e. The zero-order chi connectivity index (χ0) is 17.1. The van der Waals surface area contributed by atoms with Crippen LogP contribution in [0.5, 0.6) is 0 Å². The Morgan fingerprint density at radius 3 is 2.92 bits per heavy atom. The highest BCUT2D eigenvalue weighted by molar-refractivity contribution is 5.58. The Balaban J connectivity index is 1.66. The van der Waals surface area contributed by atoms with Crippen LogP contribution in [0.1, 0.15) is 28.8 Å². The van der Waals surface area contributed by atoms with Crippen molar-refractivity contribution in [1.29, 1.82) is 5.26 Å². The Labute approximate surface area is 142 Å². The van der Waals surface area contributed by atoms with Gasteiger partial charge in [0.05, 0.1) is 5.69 Å². The van der Waals surface area contributed by atoms with E-state index in [0.717, 1.165) is 48.9 Å². The van der Waals surface area contributed by atoms with Gasteiger partial charge in [-0.1, -0.05) is 0 Å². The first kappa shape index (κ1) is 16.2. The molecule has 6 nitrogen and oxygen atoms in total. The van der Waals surface area contributed by atoms with E-state index in [9.17, 15) is 5.26 Å². The molecule has 1 aliphatic heterocycles. The Morgan fingerprint density at radius 1 is 1.33 bits per heavy atom. The SMILES string of the molecule is Cc1ccnc(NCC2CCN(c3nnc(C)c(C)c3C#N)C2)c1. The van der Waals surface area contributed by atoms with Gasteiger partial charge in [0.2, 0.25) is 0 Å². The summed E-state index contributed by atoms with van der Waals surface area (Å²) in [6, 6.07) is 6.33. The maximum Gasteiger partial charge on any atom is 0.169 e. The molecule has 3 heterocycles. The summed E-state index contributed by atoms with van der Waals surface area (Å²) in [6.07, 6.45) is 2.89. The van der Waals surface area contributed by atoms with Crippen LogP contribution in [0.15, 0.2) is 18.3 Å². The quantitative estimate of drug-likeness (QED) is 0.932. The average Bonchev–Trinajstić information content (AvgIpc) is 3.04. The molecule has 1 unspecified atom stereocenters. The summed E-state index contributed by atoms with van der Waals surface area (Å²) < 4.78 is 0. The molecule has 0 radical (unpaired) electrons. The molecule has 6 heteroatoms. The maximum atomic E-state index is 9.46. The van der Waals surface area contributed by atoms with E-state index in [1.165, 1.54) is 5.56 Å². The van der Waals surface area contributed by atoms with E-state index in [1.54, 1.807) is 0 Å². The number of nitrogens with zero attached hydrogens (tertiary/aromatic N) is 5. The molecule has 1 fully saturated rings. The summed E-state index contributed by atoms with van der Waals surface area (Å²) in [5, 5.41) is 21.3. The number of hydrogen-bond donors (Lipinski definition) is 1. The third-order valence-corrected chi connectivity index (χ3v) is 4.62. The molecule has 1 saturated heterocycles. The number of nitriles is 1. The van der Waals surface area contributed by atoms with E-state index in [1.807, 2.05) is 26.1 Å². The van der Waals surface area contributed by atoms with Gasteiger partial charge >= 0.3 is 0 Å². The minimum absolute atomic E-state index is 0.502. The minimum atomic E-state index is 0.502. The largest absolute Gasteiger partial charge is 0.370 e. The van der Waals surface area contributed by atoms with Crippen molar-refractivity contribution in [2.24, 2.45) is 5.92 Å². The van der Waals surface area contributed by atoms with Crippen LogP contribution in [-0.2, 0) is 0 Å². The van der Waals surface area contributed by atoms with Crippen LogP contribution in [0.3, 0.4) is 0 Å². The van der Waals surface area contributed by atoms with Crippen LogP contribution >= 0.6 is 0 Å². The molecule has 2 aromatic heterocycles. The zero-order valence-corrected chi connectivity index (χ0v) is 14.4. The lowest BCUT2D eigenvalue weighted by Crippen LogP contribution is -2.25. The van der Waals surface area contributed by atoms with Crippen molar-refractivity contribution in [3.63, 3.8) is 0 Å². The summed E-state index contributed by atoms with van der Waals surface area (Å²) in [7, 11) is 0. The van der Waals surface area contributed by atoms with E-state index in [4.69, 9.17) is 0 Å². The lowest BCUT2D eigenvalue weighted by molar-refractivity contribution is 0.620. The van der Waals surface area contributed by atoms with Crippen molar-refractivity contribution in [3.05, 3.63) is 40.7 Å². The molecule has 0 saturated carbocycles. The topological polar surface area (TPSA) is 77.7 Å². The van der Waals surface area contributed by atoms with Crippen LogP contribution in [0.2, 0.25) is 0 Å². The van der Waals surface area contributed by atoms with Gasteiger partial charge in [-0.15, -0.1) is 5.10 Å². The van der Waals surface area contributed by atoms with Crippen LogP contribution in [0.4, 0.5) is 11.6 Å². The van der Waals surface area contributed by atoms with Gasteiger partial charge in [0, 0.05) is 25.8 Å². The second-order valence-electron chi connectivity index (χ2n) is 6.42. The van der Waals surface area contributed by atoms with E-state index < -0.39 is 0 Å². The summed E-state index contributed by atoms with van der Waals surface area (Å²) in [6.45, 7) is 8.53. The molecule has 3 rings (SSSR count). The predicted octanol–water partition coefficient (Wildman–Crippen LogP) is 2.61. The molecule has 0 aliphatic carbocycles. The van der Waals surface area contributed by atoms with E-state index in [-0.39, 0.29) is 0 Å². The molecule has 0 spiro atoms. The molecule has 124 valence electrons. The van der Waals surface area contributed by atoms with Gasteiger partial charge in [0.25, 0.3) is 0 Å². The van der Waals surface area contributed by atoms with Gasteiger partial charge in [-0.3, -0.25) is 0 Å². The van der Waals surface area contributed by atoms with Crippen molar-refractivity contribution >= 4 is 11.6 Å². The van der Waals surface area contributed by atoms with Gasteiger partial charge in [0.15, 0.2) is 5.82 Å². The highest BCUT2D eigenvalue weighted by Gasteiger charge is 2.26. The monoisotopic (exact) mass is 322 g/mol. The molecule has 0 aromatic carbocycles. The Morgan fingerprint density at radius 2 is 2.17 bits per heavy atom. The first-order valence-electron chi connectivity index (χ1n) is 8.24. The van der Waals surface area contributed by atoms with Gasteiger partial charge < -0.3 is 10.2 Å². The van der Waals surface area contributed by atoms with Crippen LogP contribution in [-0.4, -0.2) is 34.8 Å². The number of aromatic nitrogens is 3. The lowest BCUT2D eigenvalue weighted by Gasteiger charge is -2.19. The van der Waals surface area contributed by atoms with Crippen molar-refractivity contribution in [3.8, 4) is 6.07 Å². The number of rotatable bonds is 4. The van der Waals surface area contributed by atoms with Crippen molar-refractivity contribution < 1.29 is 0 Å². The minimum Gasteiger partial charge on any atom is -0.370 e. The second kappa shape index (κ2) is 6.83. The third kappa shape index (κ3) is 3.30. The molecular formula is C18H22N6. The Kier molecular flexibility index (Phi) is 4.61. The van der Waals surface area contributed by atoms with Crippen LogP contribution in [0.25, 0.3) is 0 Å². The molecular weight excluding hydrogens is 300 g/mol.